The van der Waals surface area contributed by atoms with Crippen molar-refractivity contribution in [3.8, 4) is 0 Å². The summed E-state index contributed by atoms with van der Waals surface area (Å²) in [5, 5.41) is 23.5. The van der Waals surface area contributed by atoms with E-state index in [1.54, 1.807) is 54.4 Å². The lowest BCUT2D eigenvalue weighted by Crippen LogP contribution is -2.61. The second-order valence-corrected chi connectivity index (χ2v) is 23.6. The van der Waals surface area contributed by atoms with Gasteiger partial charge < -0.3 is 43.3 Å². The number of ketones is 3. The van der Waals surface area contributed by atoms with Gasteiger partial charge in [0.1, 0.15) is 30.1 Å². The van der Waals surface area contributed by atoms with Crippen LogP contribution in [0.4, 0.5) is 0 Å². The summed E-state index contributed by atoms with van der Waals surface area (Å²) in [6.45, 7) is 15.9. The van der Waals surface area contributed by atoms with E-state index in [1.807, 2.05) is 58.1 Å². The van der Waals surface area contributed by atoms with E-state index >= 15 is 0 Å². The summed E-state index contributed by atoms with van der Waals surface area (Å²) < 4.78 is 48.2. The van der Waals surface area contributed by atoms with Crippen LogP contribution in [-0.2, 0) is 56.7 Å². The number of rotatable bonds is 8. The van der Waals surface area contributed by atoms with Crippen molar-refractivity contribution in [2.24, 2.45) is 35.5 Å². The molecule has 1 unspecified atom stereocenters. The van der Waals surface area contributed by atoms with Gasteiger partial charge in [-0.3, -0.25) is 23.7 Å². The number of piperidine rings is 1. The number of methoxy groups -OCH3 is 3. The molecule has 390 valence electrons. The van der Waals surface area contributed by atoms with Crippen LogP contribution in [0.25, 0.3) is 0 Å². The van der Waals surface area contributed by atoms with E-state index < -0.39 is 85.1 Å². The summed E-state index contributed by atoms with van der Waals surface area (Å²) in [5.74, 6) is -8.11. The quantitative estimate of drug-likeness (QED) is 0.104. The van der Waals surface area contributed by atoms with Crippen molar-refractivity contribution in [1.29, 1.82) is 0 Å². The number of hydrogen-bond acceptors (Lipinski definition) is 14. The van der Waals surface area contributed by atoms with E-state index in [0.717, 1.165) is 12.0 Å². The Morgan fingerprint density at radius 1 is 0.855 bits per heavy atom. The van der Waals surface area contributed by atoms with Gasteiger partial charge >= 0.3 is 5.97 Å². The number of nitrogens with zero attached hydrogens (tertiary/aromatic N) is 1. The first-order chi connectivity index (χ1) is 32.4. The lowest BCUT2D eigenvalue weighted by Gasteiger charge is -2.42. The predicted octanol–water partition coefficient (Wildman–Crippen LogP) is 7.74. The molecular formula is C53H84NO14P. The zero-order chi connectivity index (χ0) is 51.4. The molecule has 1 saturated carbocycles. The number of aliphatic hydroxyl groups excluding tert-OH is 1. The van der Waals surface area contributed by atoms with Gasteiger partial charge in [0.25, 0.3) is 11.7 Å². The third-order valence-electron chi connectivity index (χ3n) is 14.8. The molecule has 1 amide bonds. The molecule has 0 aromatic carbocycles. The highest BCUT2D eigenvalue weighted by molar-refractivity contribution is 7.57. The summed E-state index contributed by atoms with van der Waals surface area (Å²) in [6.07, 6.45) is 11.4. The summed E-state index contributed by atoms with van der Waals surface area (Å²) in [6, 6.07) is -1.16. The van der Waals surface area contributed by atoms with Gasteiger partial charge in [0, 0.05) is 71.8 Å². The van der Waals surface area contributed by atoms with Gasteiger partial charge in [0.2, 0.25) is 5.79 Å². The Morgan fingerprint density at radius 3 is 2.22 bits per heavy atom. The van der Waals surface area contributed by atoms with Crippen molar-refractivity contribution in [2.75, 3.05) is 41.2 Å². The highest BCUT2D eigenvalue weighted by atomic mass is 31.2. The standard InChI is InChI=1S/C53H84NO14P/c1-32-18-14-13-15-19-33(2)44(63-8)30-40-23-21-38(7)53(61,67-40)50(58)51(59)54-25-17-16-20-41(54)52(60)66-45(35(4)28-39-22-24-43(46(29-39)64-9)68-69(11,12)62)31-42(55)34(3)27-37(6)48(57)49(65-10)47(56)36(5)26-32/h13-15,18-19,27,32,34-36,38-41,43-46,48-49,57,61H,16-17,20-26,28-31H2,1-12H3/b15-13+,18-14-,33-19+,37-27+/t32-,34-,35-,36-,38-,39+,40?,41+,43-,44+,45+,46-,48-,49+,53-/m1/s1. The molecule has 15 atom stereocenters. The van der Waals surface area contributed by atoms with Crippen molar-refractivity contribution < 1.29 is 67.0 Å². The lowest BCUT2D eigenvalue weighted by molar-refractivity contribution is -0.265. The number of ether oxygens (including phenoxy) is 5. The number of fused-ring (bicyclic) bond motifs is 3. The summed E-state index contributed by atoms with van der Waals surface area (Å²) >= 11 is 0. The zero-order valence-electron chi connectivity index (χ0n) is 43.4. The van der Waals surface area contributed by atoms with Crippen LogP contribution in [0.1, 0.15) is 126 Å². The highest BCUT2D eigenvalue weighted by Crippen LogP contribution is 2.45. The second-order valence-electron chi connectivity index (χ2n) is 20.9. The molecule has 3 fully saturated rings. The first-order valence-electron chi connectivity index (χ1n) is 25.2. The van der Waals surface area contributed by atoms with Crippen molar-refractivity contribution in [1.82, 2.24) is 4.90 Å². The number of carbonyl (C=O) groups excluding carboxylic acids is 5. The molecule has 4 aliphatic rings. The van der Waals surface area contributed by atoms with Crippen LogP contribution in [0.15, 0.2) is 47.6 Å². The Bertz CT molecular complexity index is 1940. The largest absolute Gasteiger partial charge is 0.460 e. The Hall–Kier alpha value is -3.14. The molecule has 0 spiro atoms. The van der Waals surface area contributed by atoms with Crippen LogP contribution in [0.5, 0.6) is 0 Å². The SMILES string of the molecule is CO[C@H]1CC2CC[C@@H](C)[C@@](O)(O2)C(=O)C(=O)N2CCCC[C@H]2C(=O)O[C@H]([C@H](C)C[C@@H]2CC[C@@H](OP(C)(C)=O)[C@H](OC)C2)CC(=O)[C@H](C)/C=C(\C)[C@@H](O)[C@@H](OC)C(=O)[C@H](C)C[C@H](C)\C=C/C=C/C=C/1C. The number of allylic oxidation sites excluding steroid dienone is 6. The maximum Gasteiger partial charge on any atom is 0.329 e. The molecule has 2 bridgehead atoms. The monoisotopic (exact) mass is 990 g/mol. The average Bonchev–Trinajstić information content (AvgIpc) is 3.30. The van der Waals surface area contributed by atoms with Gasteiger partial charge in [-0.2, -0.15) is 0 Å². The molecule has 16 heteroatoms. The van der Waals surface area contributed by atoms with Crippen LogP contribution in [0.3, 0.4) is 0 Å². The van der Waals surface area contributed by atoms with Gasteiger partial charge in [-0.1, -0.05) is 71.1 Å². The number of carbonyl (C=O) groups is 5. The Labute approximate surface area is 411 Å². The molecule has 0 radical (unpaired) electrons. The third-order valence-corrected chi connectivity index (χ3v) is 15.6. The molecule has 3 heterocycles. The lowest BCUT2D eigenvalue weighted by atomic mass is 9.78. The molecule has 4 rings (SSSR count). The highest BCUT2D eigenvalue weighted by Gasteiger charge is 2.53. The van der Waals surface area contributed by atoms with Crippen LogP contribution >= 0.6 is 7.37 Å². The maximum atomic E-state index is 14.5. The van der Waals surface area contributed by atoms with Crippen LogP contribution < -0.4 is 0 Å². The Balaban J connectivity index is 1.70. The van der Waals surface area contributed by atoms with Crippen molar-refractivity contribution in [2.45, 2.75) is 180 Å². The van der Waals surface area contributed by atoms with Gasteiger partial charge in [-0.05, 0) is 107 Å². The molecule has 2 N–H and O–H groups in total. The van der Waals surface area contributed by atoms with Gasteiger partial charge in [0.05, 0.1) is 24.4 Å². The topological polar surface area (TPSA) is 201 Å². The summed E-state index contributed by atoms with van der Waals surface area (Å²) in [4.78, 5) is 72.2. The van der Waals surface area contributed by atoms with Gasteiger partial charge in [-0.15, -0.1) is 0 Å². The van der Waals surface area contributed by atoms with Gasteiger partial charge in [0.15, 0.2) is 13.2 Å². The fraction of sp³-hybridized carbons (Fsp3) is 0.755. The Kier molecular flexibility index (Phi) is 22.5. The molecule has 2 saturated heterocycles. The van der Waals surface area contributed by atoms with E-state index in [0.29, 0.717) is 63.4 Å². The Morgan fingerprint density at radius 2 is 1.57 bits per heavy atom. The number of hydrogen-bond donors (Lipinski definition) is 2. The average molecular weight is 990 g/mol. The van der Waals surface area contributed by atoms with Crippen LogP contribution in [-0.4, -0.2) is 140 Å². The minimum absolute atomic E-state index is 0.0117. The van der Waals surface area contributed by atoms with E-state index in [-0.39, 0.29) is 60.9 Å². The maximum absolute atomic E-state index is 14.5. The molecule has 0 aromatic rings. The molecule has 1 aliphatic carbocycles. The van der Waals surface area contributed by atoms with Crippen molar-refractivity contribution in [3.05, 3.63) is 47.6 Å². The first-order valence-corrected chi connectivity index (χ1v) is 27.7. The molecular weight excluding hydrogens is 906 g/mol. The van der Waals surface area contributed by atoms with Crippen molar-refractivity contribution >= 4 is 36.6 Å². The normalized spacial score (nSPS) is 39.0. The van der Waals surface area contributed by atoms with E-state index in [2.05, 4.69) is 0 Å². The number of aliphatic hydroxyl groups is 2. The number of amides is 1. The van der Waals surface area contributed by atoms with Crippen LogP contribution in [0.2, 0.25) is 0 Å². The fourth-order valence-electron chi connectivity index (χ4n) is 10.5. The first kappa shape index (κ1) is 58.4. The van der Waals surface area contributed by atoms with Crippen LogP contribution in [0, 0.1) is 35.5 Å². The summed E-state index contributed by atoms with van der Waals surface area (Å²) in [7, 11) is 1.76. The molecule has 69 heavy (non-hydrogen) atoms. The van der Waals surface area contributed by atoms with Crippen molar-refractivity contribution in [3.63, 3.8) is 0 Å². The minimum Gasteiger partial charge on any atom is -0.460 e. The smallest absolute Gasteiger partial charge is 0.329 e. The van der Waals surface area contributed by atoms with Gasteiger partial charge in [-0.25, -0.2) is 4.79 Å². The van der Waals surface area contributed by atoms with E-state index in [1.165, 1.54) is 12.0 Å². The zero-order valence-corrected chi connectivity index (χ0v) is 44.3. The number of cyclic esters (lactones) is 1. The molecule has 0 aromatic heterocycles. The van der Waals surface area contributed by atoms with E-state index in [4.69, 9.17) is 28.2 Å². The van der Waals surface area contributed by atoms with E-state index in [9.17, 15) is 38.8 Å². The molecule has 15 nitrogen and oxygen atoms in total. The number of esters is 1. The number of Topliss-reactive ketones (excluding diaryl/α,β-unsaturated/α-hetero) is 3. The minimum atomic E-state index is -2.79. The fourth-order valence-corrected chi connectivity index (χ4v) is 11.4. The molecule has 3 aliphatic heterocycles. The second kappa shape index (κ2) is 26.5. The third kappa shape index (κ3) is 16.2. The summed E-state index contributed by atoms with van der Waals surface area (Å²) in [5.41, 5.74) is 1.25. The predicted molar refractivity (Wildman–Crippen MR) is 263 cm³/mol.